The minimum absolute atomic E-state index is 0.778. The lowest BCUT2D eigenvalue weighted by Crippen LogP contribution is -2.48. The number of benzene rings is 1. The van der Waals surface area contributed by atoms with E-state index in [1.807, 2.05) is 0 Å². The van der Waals surface area contributed by atoms with E-state index in [1.54, 1.807) is 5.56 Å². The first-order valence-electron chi connectivity index (χ1n) is 7.11. The number of hydrogen-bond acceptors (Lipinski definition) is 1. The molecule has 3 atom stereocenters. The molecule has 0 N–H and O–H groups in total. The second-order valence-corrected chi connectivity index (χ2v) is 5.82. The average molecular weight is 229 g/mol. The predicted octanol–water partition coefficient (Wildman–Crippen LogP) is 3.66. The van der Waals surface area contributed by atoms with Crippen molar-refractivity contribution in [1.29, 1.82) is 0 Å². The van der Waals surface area contributed by atoms with Gasteiger partial charge in [-0.1, -0.05) is 36.8 Å². The summed E-state index contributed by atoms with van der Waals surface area (Å²) in [6.07, 6.45) is 7.12. The molecular formula is C16H23N. The lowest BCUT2D eigenvalue weighted by molar-refractivity contribution is 0.0658. The number of rotatable bonds is 1. The van der Waals surface area contributed by atoms with Crippen molar-refractivity contribution in [1.82, 2.24) is 4.90 Å². The Bertz CT molecular complexity index is 357. The van der Waals surface area contributed by atoms with Gasteiger partial charge in [0.05, 0.1) is 0 Å². The minimum atomic E-state index is 0.778. The van der Waals surface area contributed by atoms with E-state index in [1.165, 1.54) is 38.6 Å². The Morgan fingerprint density at radius 2 is 1.76 bits per heavy atom. The molecule has 1 aromatic rings. The molecule has 0 aromatic heterocycles. The highest BCUT2D eigenvalue weighted by Crippen LogP contribution is 2.42. The number of piperidine rings is 1. The Morgan fingerprint density at radius 3 is 2.59 bits per heavy atom. The second-order valence-electron chi connectivity index (χ2n) is 5.82. The summed E-state index contributed by atoms with van der Waals surface area (Å²) in [4.78, 5) is 2.63. The number of hydrogen-bond donors (Lipinski definition) is 0. The van der Waals surface area contributed by atoms with E-state index in [4.69, 9.17) is 0 Å². The van der Waals surface area contributed by atoms with Crippen molar-refractivity contribution in [2.24, 2.45) is 5.92 Å². The molecular weight excluding hydrogens is 206 g/mol. The number of likely N-dealkylation sites (tertiary alicyclic amines) is 1. The highest BCUT2D eigenvalue weighted by Gasteiger charge is 2.38. The largest absolute Gasteiger partial charge is 0.303 e. The highest BCUT2D eigenvalue weighted by atomic mass is 15.1. The van der Waals surface area contributed by atoms with Gasteiger partial charge >= 0.3 is 0 Å². The van der Waals surface area contributed by atoms with Crippen molar-refractivity contribution in [3.63, 3.8) is 0 Å². The third kappa shape index (κ3) is 2.13. The fourth-order valence-electron chi connectivity index (χ4n) is 4.07. The van der Waals surface area contributed by atoms with E-state index in [2.05, 4.69) is 42.3 Å². The minimum Gasteiger partial charge on any atom is -0.303 e. The van der Waals surface area contributed by atoms with Gasteiger partial charge in [-0.25, -0.2) is 0 Å². The van der Waals surface area contributed by atoms with Crippen LogP contribution in [0.15, 0.2) is 30.3 Å². The van der Waals surface area contributed by atoms with Gasteiger partial charge in [-0.2, -0.15) is 0 Å². The molecule has 1 saturated heterocycles. The lowest BCUT2D eigenvalue weighted by atomic mass is 9.70. The van der Waals surface area contributed by atoms with Gasteiger partial charge in [0.2, 0.25) is 0 Å². The van der Waals surface area contributed by atoms with Crippen molar-refractivity contribution in [3.8, 4) is 0 Å². The molecule has 1 saturated carbocycles. The van der Waals surface area contributed by atoms with Crippen LogP contribution in [0.1, 0.15) is 43.6 Å². The molecule has 2 fully saturated rings. The molecule has 2 aliphatic rings. The van der Waals surface area contributed by atoms with E-state index in [9.17, 15) is 0 Å². The van der Waals surface area contributed by atoms with Crippen molar-refractivity contribution in [2.45, 2.75) is 44.1 Å². The molecule has 0 bridgehead atoms. The van der Waals surface area contributed by atoms with Crippen LogP contribution in [0.25, 0.3) is 0 Å². The molecule has 0 radical (unpaired) electrons. The zero-order valence-corrected chi connectivity index (χ0v) is 10.8. The van der Waals surface area contributed by atoms with E-state index in [0.717, 1.165) is 17.9 Å². The Labute approximate surface area is 105 Å². The van der Waals surface area contributed by atoms with Gasteiger partial charge in [0.25, 0.3) is 0 Å². The van der Waals surface area contributed by atoms with E-state index in [0.29, 0.717) is 0 Å². The predicted molar refractivity (Wildman–Crippen MR) is 72.2 cm³/mol. The van der Waals surface area contributed by atoms with Gasteiger partial charge < -0.3 is 4.90 Å². The molecule has 0 unspecified atom stereocenters. The fraction of sp³-hybridized carbons (Fsp3) is 0.625. The molecule has 1 nitrogen and oxygen atoms in total. The molecule has 3 rings (SSSR count). The van der Waals surface area contributed by atoms with E-state index < -0.39 is 0 Å². The van der Waals surface area contributed by atoms with Gasteiger partial charge in [0.15, 0.2) is 0 Å². The number of likely N-dealkylation sites (N-methyl/N-ethyl adjacent to an activating group) is 1. The quantitative estimate of drug-likeness (QED) is 0.710. The summed E-state index contributed by atoms with van der Waals surface area (Å²) >= 11 is 0. The van der Waals surface area contributed by atoms with Crippen molar-refractivity contribution >= 4 is 0 Å². The first-order valence-corrected chi connectivity index (χ1v) is 7.11. The normalized spacial score (nSPS) is 34.3. The maximum Gasteiger partial charge on any atom is 0.0189 e. The van der Waals surface area contributed by atoms with Crippen LogP contribution in [0.4, 0.5) is 0 Å². The van der Waals surface area contributed by atoms with Crippen LogP contribution >= 0.6 is 0 Å². The van der Waals surface area contributed by atoms with Crippen LogP contribution in [0, 0.1) is 5.92 Å². The summed E-state index contributed by atoms with van der Waals surface area (Å²) in [6.45, 7) is 1.30. The fourth-order valence-corrected chi connectivity index (χ4v) is 4.07. The van der Waals surface area contributed by atoms with Gasteiger partial charge in [-0.15, -0.1) is 0 Å². The molecule has 1 aromatic carbocycles. The molecule has 0 spiro atoms. The topological polar surface area (TPSA) is 3.24 Å². The van der Waals surface area contributed by atoms with Gasteiger partial charge in [-0.05, 0) is 56.7 Å². The molecule has 1 heterocycles. The molecule has 1 aliphatic carbocycles. The van der Waals surface area contributed by atoms with E-state index >= 15 is 0 Å². The van der Waals surface area contributed by atoms with Crippen LogP contribution in [-0.4, -0.2) is 24.5 Å². The van der Waals surface area contributed by atoms with Crippen LogP contribution < -0.4 is 0 Å². The summed E-state index contributed by atoms with van der Waals surface area (Å²) in [5.41, 5.74) is 1.57. The van der Waals surface area contributed by atoms with Crippen LogP contribution in [0.3, 0.4) is 0 Å². The number of nitrogens with zero attached hydrogens (tertiary/aromatic N) is 1. The summed E-state index contributed by atoms with van der Waals surface area (Å²) < 4.78 is 0. The molecule has 0 amide bonds. The Kier molecular flexibility index (Phi) is 3.19. The summed E-state index contributed by atoms with van der Waals surface area (Å²) in [6, 6.07) is 12.0. The number of fused-ring (bicyclic) bond motifs is 1. The van der Waals surface area contributed by atoms with Crippen LogP contribution in [0.2, 0.25) is 0 Å². The van der Waals surface area contributed by atoms with Gasteiger partial charge in [-0.3, -0.25) is 0 Å². The Hall–Kier alpha value is -0.820. The third-order valence-corrected chi connectivity index (χ3v) is 4.81. The van der Waals surface area contributed by atoms with Crippen LogP contribution in [-0.2, 0) is 0 Å². The molecule has 17 heavy (non-hydrogen) atoms. The lowest BCUT2D eigenvalue weighted by Gasteiger charge is -2.47. The highest BCUT2D eigenvalue weighted by molar-refractivity contribution is 5.22. The molecule has 1 aliphatic heterocycles. The second kappa shape index (κ2) is 4.81. The van der Waals surface area contributed by atoms with Crippen molar-refractivity contribution in [3.05, 3.63) is 35.9 Å². The Balaban J connectivity index is 1.87. The molecule has 1 heteroatoms. The first-order chi connectivity index (χ1) is 8.36. The zero-order valence-electron chi connectivity index (χ0n) is 10.8. The van der Waals surface area contributed by atoms with Crippen molar-refractivity contribution < 1.29 is 0 Å². The third-order valence-electron chi connectivity index (χ3n) is 4.81. The van der Waals surface area contributed by atoms with E-state index in [-0.39, 0.29) is 0 Å². The van der Waals surface area contributed by atoms with Crippen LogP contribution in [0.5, 0.6) is 0 Å². The average Bonchev–Trinajstić information content (AvgIpc) is 2.39. The smallest absolute Gasteiger partial charge is 0.0189 e. The maximum atomic E-state index is 2.63. The zero-order chi connectivity index (χ0) is 11.7. The van der Waals surface area contributed by atoms with Crippen molar-refractivity contribution in [2.75, 3.05) is 13.6 Å². The van der Waals surface area contributed by atoms with Gasteiger partial charge in [0, 0.05) is 6.04 Å². The van der Waals surface area contributed by atoms with Gasteiger partial charge in [0.1, 0.15) is 0 Å². The monoisotopic (exact) mass is 229 g/mol. The first kappa shape index (κ1) is 11.3. The molecule has 92 valence electrons. The Morgan fingerprint density at radius 1 is 1.00 bits per heavy atom. The SMILES string of the molecule is CN1CCC[C@@H]2CCC[C@@H](c3ccccc3)[C@@H]21. The summed E-state index contributed by atoms with van der Waals surface area (Å²) in [5, 5.41) is 0. The summed E-state index contributed by atoms with van der Waals surface area (Å²) in [7, 11) is 2.33. The summed E-state index contributed by atoms with van der Waals surface area (Å²) in [5.74, 6) is 1.73. The maximum absolute atomic E-state index is 2.63. The standard InChI is InChI=1S/C16H23N/c1-17-12-6-10-14-9-5-11-15(16(14)17)13-7-3-2-4-8-13/h2-4,7-8,14-16H,5-6,9-12H2,1H3/t14-,15-,16+/m0/s1.